The standard InChI is InChI=1S/C23H23NO5/c1-12-2-4-13(5-3-12)18(25)11-29-19(26)8-9-24-22(27)20-14-6-7-15(17-10-16(14)17)21(20)23(24)28/h2-7,14-17,20-21H,8-11H2,1H3/t14-,15+,16-,17-,20+,21+/m1/s1. The molecule has 1 aromatic carbocycles. The number of likely N-dealkylation sites (tertiary alicyclic amines) is 1. The molecule has 0 radical (unpaired) electrons. The first-order valence-corrected chi connectivity index (χ1v) is 10.2. The topological polar surface area (TPSA) is 80.8 Å². The summed E-state index contributed by atoms with van der Waals surface area (Å²) in [7, 11) is 0. The van der Waals surface area contributed by atoms with E-state index >= 15 is 0 Å². The highest BCUT2D eigenvalue weighted by Gasteiger charge is 2.66. The molecule has 1 heterocycles. The van der Waals surface area contributed by atoms with Crippen LogP contribution in [0.15, 0.2) is 36.4 Å². The van der Waals surface area contributed by atoms with Gasteiger partial charge in [0.1, 0.15) is 0 Å². The number of aryl methyl sites for hydroxylation is 1. The van der Waals surface area contributed by atoms with Crippen LogP contribution in [-0.2, 0) is 19.1 Å². The van der Waals surface area contributed by atoms with Crippen LogP contribution in [0.5, 0.6) is 0 Å². The van der Waals surface area contributed by atoms with Crippen molar-refractivity contribution in [3.8, 4) is 0 Å². The van der Waals surface area contributed by atoms with Crippen molar-refractivity contribution in [2.45, 2.75) is 19.8 Å². The molecule has 5 aliphatic rings. The van der Waals surface area contributed by atoms with Gasteiger partial charge in [-0.25, -0.2) is 0 Å². The molecule has 3 fully saturated rings. The number of carbonyl (C=O) groups excluding carboxylic acids is 4. The maximum atomic E-state index is 12.9. The zero-order chi connectivity index (χ0) is 20.3. The highest BCUT2D eigenvalue weighted by atomic mass is 16.5. The van der Waals surface area contributed by atoms with Crippen LogP contribution >= 0.6 is 0 Å². The molecule has 4 aliphatic carbocycles. The lowest BCUT2D eigenvalue weighted by Crippen LogP contribution is -2.40. The third kappa shape index (κ3) is 2.93. The number of hydrogen-bond acceptors (Lipinski definition) is 5. The number of ether oxygens (including phenoxy) is 1. The molecule has 1 aromatic rings. The highest BCUT2D eigenvalue weighted by Crippen LogP contribution is 2.65. The molecule has 2 bridgehead atoms. The molecule has 1 aliphatic heterocycles. The van der Waals surface area contributed by atoms with E-state index in [1.807, 2.05) is 19.1 Å². The van der Waals surface area contributed by atoms with Crippen LogP contribution < -0.4 is 0 Å². The first-order chi connectivity index (χ1) is 14.0. The van der Waals surface area contributed by atoms with Gasteiger partial charge < -0.3 is 4.74 Å². The largest absolute Gasteiger partial charge is 0.457 e. The number of amides is 2. The zero-order valence-electron chi connectivity index (χ0n) is 16.2. The molecule has 0 N–H and O–H groups in total. The second kappa shape index (κ2) is 6.65. The monoisotopic (exact) mass is 393 g/mol. The molecule has 6 rings (SSSR count). The number of allylic oxidation sites excluding steroid dienone is 2. The number of Topliss-reactive ketones (excluding diaryl/α,β-unsaturated/α-hetero) is 1. The Bertz CT molecular complexity index is 897. The van der Waals surface area contributed by atoms with Crippen molar-refractivity contribution in [3.63, 3.8) is 0 Å². The molecule has 6 atom stereocenters. The van der Waals surface area contributed by atoms with Gasteiger partial charge >= 0.3 is 5.97 Å². The first-order valence-electron chi connectivity index (χ1n) is 10.2. The molecular weight excluding hydrogens is 370 g/mol. The average Bonchev–Trinajstić information content (AvgIpc) is 3.50. The van der Waals surface area contributed by atoms with Crippen LogP contribution in [-0.4, -0.2) is 41.6 Å². The van der Waals surface area contributed by atoms with E-state index in [0.717, 1.165) is 12.0 Å². The Morgan fingerprint density at radius 1 is 1.00 bits per heavy atom. The van der Waals surface area contributed by atoms with Gasteiger partial charge in [-0.15, -0.1) is 0 Å². The summed E-state index contributed by atoms with van der Waals surface area (Å²) in [6.07, 6.45) is 5.28. The average molecular weight is 393 g/mol. The predicted octanol–water partition coefficient (Wildman–Crippen LogP) is 2.16. The molecule has 150 valence electrons. The Hall–Kier alpha value is -2.76. The van der Waals surface area contributed by atoms with Gasteiger partial charge in [-0.05, 0) is 37.0 Å². The molecule has 0 unspecified atom stereocenters. The summed E-state index contributed by atoms with van der Waals surface area (Å²) in [5, 5.41) is 0. The van der Waals surface area contributed by atoms with Gasteiger partial charge in [0, 0.05) is 12.1 Å². The number of hydrogen-bond donors (Lipinski definition) is 0. The van der Waals surface area contributed by atoms with Gasteiger partial charge in [-0.2, -0.15) is 0 Å². The van der Waals surface area contributed by atoms with Gasteiger partial charge in [-0.1, -0.05) is 42.0 Å². The fraction of sp³-hybridized carbons (Fsp3) is 0.478. The van der Waals surface area contributed by atoms with E-state index in [9.17, 15) is 19.2 Å². The number of imide groups is 1. The second-order valence-electron chi connectivity index (χ2n) is 8.68. The van der Waals surface area contributed by atoms with Crippen LogP contribution in [0.3, 0.4) is 0 Å². The van der Waals surface area contributed by atoms with Crippen LogP contribution in [0.1, 0.15) is 28.8 Å². The summed E-state index contributed by atoms with van der Waals surface area (Å²) in [6.45, 7) is 1.61. The molecule has 2 saturated carbocycles. The highest BCUT2D eigenvalue weighted by molar-refractivity contribution is 6.06. The molecule has 1 saturated heterocycles. The Balaban J connectivity index is 1.15. The van der Waals surface area contributed by atoms with Crippen LogP contribution in [0.4, 0.5) is 0 Å². The number of esters is 1. The van der Waals surface area contributed by atoms with Crippen molar-refractivity contribution in [2.24, 2.45) is 35.5 Å². The van der Waals surface area contributed by atoms with E-state index in [-0.39, 0.29) is 60.8 Å². The molecule has 6 nitrogen and oxygen atoms in total. The Kier molecular flexibility index (Phi) is 4.19. The molecular formula is C23H23NO5. The predicted molar refractivity (Wildman–Crippen MR) is 103 cm³/mol. The fourth-order valence-corrected chi connectivity index (χ4v) is 5.48. The van der Waals surface area contributed by atoms with Crippen molar-refractivity contribution in [3.05, 3.63) is 47.5 Å². The second-order valence-corrected chi connectivity index (χ2v) is 8.68. The van der Waals surface area contributed by atoms with Gasteiger partial charge in [0.2, 0.25) is 11.8 Å². The Labute approximate surface area is 168 Å². The van der Waals surface area contributed by atoms with Crippen LogP contribution in [0, 0.1) is 42.4 Å². The van der Waals surface area contributed by atoms with Gasteiger partial charge in [0.25, 0.3) is 0 Å². The van der Waals surface area contributed by atoms with Crippen LogP contribution in [0.25, 0.3) is 0 Å². The van der Waals surface area contributed by atoms with Crippen molar-refractivity contribution >= 4 is 23.6 Å². The molecule has 2 amide bonds. The van der Waals surface area contributed by atoms with Gasteiger partial charge in [-0.3, -0.25) is 24.1 Å². The maximum absolute atomic E-state index is 12.9. The van der Waals surface area contributed by atoms with Crippen molar-refractivity contribution < 1.29 is 23.9 Å². The summed E-state index contributed by atoms with van der Waals surface area (Å²) >= 11 is 0. The Morgan fingerprint density at radius 3 is 2.17 bits per heavy atom. The third-order valence-electron chi connectivity index (χ3n) is 7.03. The van der Waals surface area contributed by atoms with E-state index in [1.165, 1.54) is 4.90 Å². The van der Waals surface area contributed by atoms with Gasteiger partial charge in [0.05, 0.1) is 18.3 Å². The summed E-state index contributed by atoms with van der Waals surface area (Å²) in [5.41, 5.74) is 1.53. The quantitative estimate of drug-likeness (QED) is 0.320. The molecule has 29 heavy (non-hydrogen) atoms. The number of rotatable bonds is 6. The minimum Gasteiger partial charge on any atom is -0.457 e. The minimum absolute atomic E-state index is 0.0248. The van der Waals surface area contributed by atoms with E-state index in [0.29, 0.717) is 17.4 Å². The lowest BCUT2D eigenvalue weighted by atomic mass is 9.63. The number of nitrogens with zero attached hydrogens (tertiary/aromatic N) is 1. The number of ketones is 1. The first kappa shape index (κ1) is 18.3. The van der Waals surface area contributed by atoms with E-state index in [2.05, 4.69) is 12.2 Å². The van der Waals surface area contributed by atoms with E-state index in [4.69, 9.17) is 4.74 Å². The molecule has 0 aromatic heterocycles. The summed E-state index contributed by atoms with van der Waals surface area (Å²) < 4.78 is 5.07. The minimum atomic E-state index is -0.579. The normalized spacial score (nSPS) is 33.5. The summed E-state index contributed by atoms with van der Waals surface area (Å²) in [5.74, 6) is -0.181. The lowest BCUT2D eigenvalue weighted by Gasteiger charge is -2.37. The summed E-state index contributed by atoms with van der Waals surface area (Å²) in [4.78, 5) is 51.2. The summed E-state index contributed by atoms with van der Waals surface area (Å²) in [6, 6.07) is 7.04. The molecule has 6 heteroatoms. The molecule has 0 spiro atoms. The van der Waals surface area contributed by atoms with Gasteiger partial charge in [0.15, 0.2) is 12.4 Å². The van der Waals surface area contributed by atoms with E-state index < -0.39 is 5.97 Å². The van der Waals surface area contributed by atoms with Crippen molar-refractivity contribution in [2.75, 3.05) is 13.2 Å². The number of carbonyl (C=O) groups is 4. The maximum Gasteiger partial charge on any atom is 0.308 e. The SMILES string of the molecule is Cc1ccc(C(=O)COC(=O)CCN2C(=O)[C@H]3[C@@H]4C=C[C@@H]([C@H]5C[C@H]45)[C@@H]3C2=O)cc1. The smallest absolute Gasteiger partial charge is 0.308 e. The van der Waals surface area contributed by atoms with Crippen LogP contribution in [0.2, 0.25) is 0 Å². The van der Waals surface area contributed by atoms with Crippen molar-refractivity contribution in [1.82, 2.24) is 4.90 Å². The number of benzene rings is 1. The zero-order valence-corrected chi connectivity index (χ0v) is 16.2. The lowest BCUT2D eigenvalue weighted by molar-refractivity contribution is -0.145. The Morgan fingerprint density at radius 2 is 1.59 bits per heavy atom. The van der Waals surface area contributed by atoms with Crippen molar-refractivity contribution in [1.29, 1.82) is 0 Å². The third-order valence-corrected chi connectivity index (χ3v) is 7.03. The fourth-order valence-electron chi connectivity index (χ4n) is 5.48. The van der Waals surface area contributed by atoms with E-state index in [1.54, 1.807) is 12.1 Å².